The number of carbonyl (C=O) groups is 1. The van der Waals surface area contributed by atoms with E-state index in [1.165, 1.54) is 0 Å². The average Bonchev–Trinajstić information content (AvgIpc) is 2.60. The number of hydrogen-bond donors (Lipinski definition) is 0. The van der Waals surface area contributed by atoms with Gasteiger partial charge in [0.25, 0.3) is 0 Å². The third kappa shape index (κ3) is 1.48. The molecular weight excluding hydrogens is 180 g/mol. The fourth-order valence-corrected chi connectivity index (χ4v) is 1.35. The van der Waals surface area contributed by atoms with Crippen LogP contribution in [0.4, 0.5) is 0 Å². The zero-order valence-electron chi connectivity index (χ0n) is 7.82. The van der Waals surface area contributed by atoms with E-state index in [1.54, 1.807) is 12.1 Å². The molecule has 0 radical (unpaired) electrons. The van der Waals surface area contributed by atoms with Gasteiger partial charge >= 0.3 is 0 Å². The second-order valence-electron chi connectivity index (χ2n) is 2.90. The summed E-state index contributed by atoms with van der Waals surface area (Å²) in [5, 5.41) is 0.913. The fraction of sp³-hybridized carbons (Fsp3) is 0.182. The minimum atomic E-state index is 0.341. The molecule has 0 amide bonds. The Bertz CT molecular complexity index is 457. The highest BCUT2D eigenvalue weighted by Gasteiger charge is 2.03. The zero-order chi connectivity index (χ0) is 9.97. The Hall–Kier alpha value is -1.77. The fourth-order valence-electron chi connectivity index (χ4n) is 1.35. The van der Waals surface area contributed by atoms with Gasteiger partial charge in [-0.25, -0.2) is 0 Å². The van der Waals surface area contributed by atoms with Crippen LogP contribution in [0.5, 0.6) is 5.75 Å². The van der Waals surface area contributed by atoms with Crippen molar-refractivity contribution >= 4 is 17.3 Å². The van der Waals surface area contributed by atoms with Crippen molar-refractivity contribution in [2.75, 3.05) is 6.61 Å². The van der Waals surface area contributed by atoms with Crippen molar-refractivity contribution in [1.82, 2.24) is 0 Å². The predicted molar refractivity (Wildman–Crippen MR) is 52.8 cm³/mol. The Kier molecular flexibility index (Phi) is 2.23. The Balaban J connectivity index is 2.48. The van der Waals surface area contributed by atoms with Crippen LogP contribution in [0.2, 0.25) is 0 Å². The molecule has 0 saturated heterocycles. The van der Waals surface area contributed by atoms with Crippen molar-refractivity contribution in [1.29, 1.82) is 0 Å². The molecule has 0 aliphatic carbocycles. The first-order valence-corrected chi connectivity index (χ1v) is 4.45. The van der Waals surface area contributed by atoms with Crippen molar-refractivity contribution in [3.05, 3.63) is 30.0 Å². The van der Waals surface area contributed by atoms with Gasteiger partial charge in [0.2, 0.25) is 0 Å². The minimum absolute atomic E-state index is 0.341. The molecule has 3 heteroatoms. The van der Waals surface area contributed by atoms with E-state index in [0.29, 0.717) is 24.2 Å². The van der Waals surface area contributed by atoms with Crippen LogP contribution in [0.25, 0.3) is 11.0 Å². The number of carbonyl (C=O) groups excluding carboxylic acids is 1. The third-order valence-electron chi connectivity index (χ3n) is 1.94. The van der Waals surface area contributed by atoms with Crippen molar-refractivity contribution in [3.8, 4) is 5.75 Å². The molecule has 0 saturated carbocycles. The number of fused-ring (bicyclic) bond motifs is 1. The number of benzene rings is 1. The van der Waals surface area contributed by atoms with E-state index in [2.05, 4.69) is 0 Å². The van der Waals surface area contributed by atoms with Crippen molar-refractivity contribution in [3.63, 3.8) is 0 Å². The SMILES string of the molecule is CCOc1ccc2cc(C=O)oc2c1. The lowest BCUT2D eigenvalue weighted by molar-refractivity contribution is 0.110. The van der Waals surface area contributed by atoms with Gasteiger partial charge in [0.1, 0.15) is 11.3 Å². The van der Waals surface area contributed by atoms with Crippen LogP contribution in [-0.2, 0) is 0 Å². The largest absolute Gasteiger partial charge is 0.494 e. The van der Waals surface area contributed by atoms with Gasteiger partial charge in [0, 0.05) is 11.5 Å². The van der Waals surface area contributed by atoms with E-state index in [0.717, 1.165) is 11.1 Å². The molecule has 2 rings (SSSR count). The second-order valence-corrected chi connectivity index (χ2v) is 2.90. The summed E-state index contributed by atoms with van der Waals surface area (Å²) in [7, 11) is 0. The molecule has 0 aliphatic heterocycles. The summed E-state index contributed by atoms with van der Waals surface area (Å²) >= 11 is 0. The number of furan rings is 1. The van der Waals surface area contributed by atoms with Gasteiger partial charge in [-0.1, -0.05) is 0 Å². The van der Waals surface area contributed by atoms with Gasteiger partial charge in [0.15, 0.2) is 12.0 Å². The topological polar surface area (TPSA) is 39.4 Å². The predicted octanol–water partition coefficient (Wildman–Crippen LogP) is 2.64. The Labute approximate surface area is 81.3 Å². The number of aldehydes is 1. The van der Waals surface area contributed by atoms with Gasteiger partial charge in [-0.05, 0) is 25.1 Å². The monoisotopic (exact) mass is 190 g/mol. The Morgan fingerprint density at radius 3 is 3.00 bits per heavy atom. The van der Waals surface area contributed by atoms with Crippen LogP contribution in [-0.4, -0.2) is 12.9 Å². The Morgan fingerprint density at radius 1 is 1.43 bits per heavy atom. The van der Waals surface area contributed by atoms with Crippen molar-refractivity contribution in [2.24, 2.45) is 0 Å². The highest BCUT2D eigenvalue weighted by Crippen LogP contribution is 2.23. The van der Waals surface area contributed by atoms with E-state index < -0.39 is 0 Å². The first kappa shape index (κ1) is 8.81. The van der Waals surface area contributed by atoms with Crippen LogP contribution in [0.3, 0.4) is 0 Å². The lowest BCUT2D eigenvalue weighted by Gasteiger charge is -2.00. The van der Waals surface area contributed by atoms with Crippen molar-refractivity contribution < 1.29 is 13.9 Å². The molecule has 1 aromatic carbocycles. The number of hydrogen-bond acceptors (Lipinski definition) is 3. The van der Waals surface area contributed by atoms with E-state index in [-0.39, 0.29) is 0 Å². The molecule has 3 nitrogen and oxygen atoms in total. The van der Waals surface area contributed by atoms with Crippen molar-refractivity contribution in [2.45, 2.75) is 6.92 Å². The molecular formula is C11H10O3. The molecule has 1 heterocycles. The standard InChI is InChI=1S/C11H10O3/c1-2-13-9-4-3-8-5-10(7-12)14-11(8)6-9/h3-7H,2H2,1H3. The number of ether oxygens (including phenoxy) is 1. The van der Waals surface area contributed by atoms with Crippen LogP contribution >= 0.6 is 0 Å². The van der Waals surface area contributed by atoms with E-state index >= 15 is 0 Å². The maximum Gasteiger partial charge on any atom is 0.185 e. The molecule has 0 unspecified atom stereocenters. The first-order valence-electron chi connectivity index (χ1n) is 4.45. The van der Waals surface area contributed by atoms with Crippen LogP contribution < -0.4 is 4.74 Å². The van der Waals surface area contributed by atoms with Crippen LogP contribution in [0, 0.1) is 0 Å². The summed E-state index contributed by atoms with van der Waals surface area (Å²) in [4.78, 5) is 10.5. The summed E-state index contributed by atoms with van der Waals surface area (Å²) < 4.78 is 10.6. The van der Waals surface area contributed by atoms with E-state index in [4.69, 9.17) is 9.15 Å². The first-order chi connectivity index (χ1) is 6.83. The maximum absolute atomic E-state index is 10.5. The molecule has 2 aromatic rings. The minimum Gasteiger partial charge on any atom is -0.494 e. The average molecular weight is 190 g/mol. The highest BCUT2D eigenvalue weighted by molar-refractivity contribution is 5.85. The quantitative estimate of drug-likeness (QED) is 0.698. The maximum atomic E-state index is 10.5. The van der Waals surface area contributed by atoms with Gasteiger partial charge in [0.05, 0.1) is 6.61 Å². The third-order valence-corrected chi connectivity index (χ3v) is 1.94. The summed E-state index contributed by atoms with van der Waals surface area (Å²) in [5.74, 6) is 1.10. The van der Waals surface area contributed by atoms with E-state index in [1.807, 2.05) is 19.1 Å². The summed E-state index contributed by atoms with van der Waals surface area (Å²) in [6.45, 7) is 2.54. The molecule has 0 bridgehead atoms. The van der Waals surface area contributed by atoms with Crippen LogP contribution in [0.1, 0.15) is 17.5 Å². The van der Waals surface area contributed by atoms with Gasteiger partial charge in [-0.15, -0.1) is 0 Å². The zero-order valence-corrected chi connectivity index (χ0v) is 7.82. The van der Waals surface area contributed by atoms with Crippen LogP contribution in [0.15, 0.2) is 28.7 Å². The Morgan fingerprint density at radius 2 is 2.29 bits per heavy atom. The molecule has 1 aromatic heterocycles. The summed E-state index contributed by atoms with van der Waals surface area (Å²) in [6, 6.07) is 7.22. The second kappa shape index (κ2) is 3.54. The molecule has 14 heavy (non-hydrogen) atoms. The molecule has 72 valence electrons. The molecule has 0 atom stereocenters. The van der Waals surface area contributed by atoms with Gasteiger partial charge < -0.3 is 9.15 Å². The van der Waals surface area contributed by atoms with Gasteiger partial charge in [-0.2, -0.15) is 0 Å². The highest BCUT2D eigenvalue weighted by atomic mass is 16.5. The lowest BCUT2D eigenvalue weighted by Crippen LogP contribution is -1.89. The molecule has 0 spiro atoms. The molecule has 0 N–H and O–H groups in total. The summed E-state index contributed by atoms with van der Waals surface area (Å²) in [6.07, 6.45) is 0.695. The molecule has 0 fully saturated rings. The number of rotatable bonds is 3. The smallest absolute Gasteiger partial charge is 0.185 e. The van der Waals surface area contributed by atoms with Gasteiger partial charge in [-0.3, -0.25) is 4.79 Å². The lowest BCUT2D eigenvalue weighted by atomic mass is 10.2. The molecule has 0 aliphatic rings. The normalized spacial score (nSPS) is 10.4. The summed E-state index contributed by atoms with van der Waals surface area (Å²) in [5.41, 5.74) is 0.679. The van der Waals surface area contributed by atoms with E-state index in [9.17, 15) is 4.79 Å².